The lowest BCUT2D eigenvalue weighted by Gasteiger charge is -2.25. The van der Waals surface area contributed by atoms with E-state index in [0.717, 1.165) is 21.4 Å². The van der Waals surface area contributed by atoms with Crippen molar-refractivity contribution in [3.8, 4) is 0 Å². The van der Waals surface area contributed by atoms with Gasteiger partial charge in [0.15, 0.2) is 10.2 Å². The number of thiocarbonyl (C=S) groups is 1. The quantitative estimate of drug-likeness (QED) is 0.505. The number of rotatable bonds is 7. The average molecular weight is 446 g/mol. The minimum absolute atomic E-state index is 0.107. The van der Waals surface area contributed by atoms with Gasteiger partial charge in [-0.15, -0.1) is 0 Å². The predicted octanol–water partition coefficient (Wildman–Crippen LogP) is 4.83. The Hall–Kier alpha value is -2.06. The molecule has 0 amide bonds. The van der Waals surface area contributed by atoms with E-state index in [1.165, 1.54) is 0 Å². The zero-order chi connectivity index (χ0) is 20.2. The maximum Gasteiger partial charge on any atom is 0.170 e. The number of halogens is 1. The Morgan fingerprint density at radius 1 is 1.17 bits per heavy atom. The SMILES string of the molecule is OCCCN1C(=S)NC(c2ccccn2)C1c1ccc(Sc2ccc(Cl)cc2)o1. The summed E-state index contributed by atoms with van der Waals surface area (Å²) >= 11 is 13.1. The van der Waals surface area contributed by atoms with Gasteiger partial charge in [-0.3, -0.25) is 4.98 Å². The van der Waals surface area contributed by atoms with Crippen LogP contribution in [0.3, 0.4) is 0 Å². The molecule has 1 saturated heterocycles. The molecule has 1 aliphatic rings. The van der Waals surface area contributed by atoms with Crippen LogP contribution in [0.25, 0.3) is 0 Å². The molecule has 150 valence electrons. The van der Waals surface area contributed by atoms with E-state index in [0.29, 0.717) is 23.1 Å². The molecule has 2 unspecified atom stereocenters. The van der Waals surface area contributed by atoms with Gasteiger partial charge in [0.25, 0.3) is 0 Å². The fraction of sp³-hybridized carbons (Fsp3) is 0.238. The van der Waals surface area contributed by atoms with Crippen LogP contribution in [0.15, 0.2) is 75.2 Å². The lowest BCUT2D eigenvalue weighted by Crippen LogP contribution is -2.30. The van der Waals surface area contributed by atoms with E-state index in [9.17, 15) is 5.11 Å². The summed E-state index contributed by atoms with van der Waals surface area (Å²) in [6, 6.07) is 17.2. The second-order valence-electron chi connectivity index (χ2n) is 6.61. The molecule has 0 saturated carbocycles. The normalized spacial score (nSPS) is 18.8. The first-order chi connectivity index (χ1) is 14.2. The zero-order valence-corrected chi connectivity index (χ0v) is 17.9. The van der Waals surface area contributed by atoms with Crippen molar-refractivity contribution in [3.05, 3.63) is 77.3 Å². The van der Waals surface area contributed by atoms with Gasteiger partial charge in [-0.1, -0.05) is 29.4 Å². The van der Waals surface area contributed by atoms with Crippen molar-refractivity contribution in [2.75, 3.05) is 13.2 Å². The molecule has 1 aliphatic heterocycles. The summed E-state index contributed by atoms with van der Waals surface area (Å²) in [4.78, 5) is 7.63. The maximum atomic E-state index is 9.30. The monoisotopic (exact) mass is 445 g/mol. The Bertz CT molecular complexity index is 966. The predicted molar refractivity (Wildman–Crippen MR) is 118 cm³/mol. The Morgan fingerprint density at radius 2 is 2.00 bits per heavy atom. The van der Waals surface area contributed by atoms with Gasteiger partial charge >= 0.3 is 0 Å². The van der Waals surface area contributed by atoms with E-state index in [1.54, 1.807) is 18.0 Å². The molecular weight excluding hydrogens is 426 g/mol. The number of nitrogens with one attached hydrogen (secondary N) is 1. The second-order valence-corrected chi connectivity index (χ2v) is 8.51. The Kier molecular flexibility index (Phi) is 6.40. The molecule has 2 aromatic heterocycles. The van der Waals surface area contributed by atoms with Gasteiger partial charge in [-0.05, 0) is 67.2 Å². The maximum absolute atomic E-state index is 9.30. The molecular formula is C21H20ClN3O2S2. The molecule has 0 aliphatic carbocycles. The van der Waals surface area contributed by atoms with Gasteiger partial charge in [0.1, 0.15) is 11.8 Å². The third-order valence-electron chi connectivity index (χ3n) is 4.68. The van der Waals surface area contributed by atoms with Crippen LogP contribution in [-0.4, -0.2) is 33.3 Å². The molecule has 0 bridgehead atoms. The molecule has 1 aromatic carbocycles. The number of pyridine rings is 1. The topological polar surface area (TPSA) is 61.5 Å². The number of benzene rings is 1. The molecule has 29 heavy (non-hydrogen) atoms. The van der Waals surface area contributed by atoms with Crippen LogP contribution >= 0.6 is 35.6 Å². The number of aliphatic hydroxyl groups is 1. The summed E-state index contributed by atoms with van der Waals surface area (Å²) in [6.07, 6.45) is 2.40. The van der Waals surface area contributed by atoms with Crippen molar-refractivity contribution in [2.24, 2.45) is 0 Å². The summed E-state index contributed by atoms with van der Waals surface area (Å²) in [5.41, 5.74) is 0.898. The van der Waals surface area contributed by atoms with E-state index in [2.05, 4.69) is 15.2 Å². The van der Waals surface area contributed by atoms with E-state index >= 15 is 0 Å². The van der Waals surface area contributed by atoms with Gasteiger partial charge in [-0.25, -0.2) is 0 Å². The number of aliphatic hydroxyl groups excluding tert-OH is 1. The highest BCUT2D eigenvalue weighted by atomic mass is 35.5. The van der Waals surface area contributed by atoms with Crippen molar-refractivity contribution in [2.45, 2.75) is 28.5 Å². The molecule has 4 rings (SSSR count). The molecule has 3 heterocycles. The molecule has 0 spiro atoms. The van der Waals surface area contributed by atoms with Crippen molar-refractivity contribution in [1.29, 1.82) is 0 Å². The number of hydrogen-bond acceptors (Lipinski definition) is 5. The fourth-order valence-electron chi connectivity index (χ4n) is 3.36. The minimum Gasteiger partial charge on any atom is -0.452 e. The highest BCUT2D eigenvalue weighted by Gasteiger charge is 2.41. The molecule has 2 atom stereocenters. The fourth-order valence-corrected chi connectivity index (χ4v) is 4.60. The van der Waals surface area contributed by atoms with Crippen molar-refractivity contribution >= 4 is 40.7 Å². The van der Waals surface area contributed by atoms with Gasteiger partial charge in [0.2, 0.25) is 0 Å². The van der Waals surface area contributed by atoms with Crippen molar-refractivity contribution in [3.63, 3.8) is 0 Å². The van der Waals surface area contributed by atoms with Crippen LogP contribution in [0.1, 0.15) is 30.0 Å². The van der Waals surface area contributed by atoms with Crippen molar-refractivity contribution < 1.29 is 9.52 Å². The first-order valence-corrected chi connectivity index (χ1v) is 10.9. The first-order valence-electron chi connectivity index (χ1n) is 9.28. The Balaban J connectivity index is 1.62. The van der Waals surface area contributed by atoms with Crippen LogP contribution in [0.4, 0.5) is 0 Å². The van der Waals surface area contributed by atoms with Crippen LogP contribution in [0.5, 0.6) is 0 Å². The largest absolute Gasteiger partial charge is 0.452 e. The number of furan rings is 1. The molecule has 3 aromatic rings. The lowest BCUT2D eigenvalue weighted by atomic mass is 10.0. The van der Waals surface area contributed by atoms with Gasteiger partial charge < -0.3 is 19.7 Å². The third-order valence-corrected chi connectivity index (χ3v) is 6.21. The average Bonchev–Trinajstić information content (AvgIpc) is 3.32. The van der Waals surface area contributed by atoms with Crippen LogP contribution in [0, 0.1) is 0 Å². The van der Waals surface area contributed by atoms with Crippen molar-refractivity contribution in [1.82, 2.24) is 15.2 Å². The highest BCUT2D eigenvalue weighted by Crippen LogP contribution is 2.41. The van der Waals surface area contributed by atoms with E-state index in [4.69, 9.17) is 28.2 Å². The van der Waals surface area contributed by atoms with Crippen LogP contribution in [-0.2, 0) is 0 Å². The minimum atomic E-state index is -0.136. The van der Waals surface area contributed by atoms with Gasteiger partial charge in [0.05, 0.1) is 11.7 Å². The molecule has 0 radical (unpaired) electrons. The highest BCUT2D eigenvalue weighted by molar-refractivity contribution is 7.99. The smallest absolute Gasteiger partial charge is 0.170 e. The molecule has 1 fully saturated rings. The summed E-state index contributed by atoms with van der Waals surface area (Å²) in [5.74, 6) is 0.808. The van der Waals surface area contributed by atoms with Crippen LogP contribution < -0.4 is 5.32 Å². The first kappa shape index (κ1) is 20.2. The molecule has 8 heteroatoms. The number of nitrogens with zero attached hydrogens (tertiary/aromatic N) is 2. The lowest BCUT2D eigenvalue weighted by molar-refractivity contribution is 0.226. The summed E-state index contributed by atoms with van der Waals surface area (Å²) in [7, 11) is 0. The summed E-state index contributed by atoms with van der Waals surface area (Å²) in [6.45, 7) is 0.743. The van der Waals surface area contributed by atoms with Gasteiger partial charge in [0, 0.05) is 29.3 Å². The van der Waals surface area contributed by atoms with E-state index in [1.807, 2.05) is 54.6 Å². The van der Waals surface area contributed by atoms with E-state index in [-0.39, 0.29) is 18.7 Å². The molecule has 5 nitrogen and oxygen atoms in total. The standard InChI is InChI=1S/C21H20ClN3O2S2/c22-14-5-7-15(8-6-14)29-18-10-9-17(27-18)20-19(16-4-1-2-11-23-16)24-21(28)25(20)12-3-13-26/h1-2,4-11,19-20,26H,3,12-13H2,(H,24,28). The Labute approximate surface area is 184 Å². The summed E-state index contributed by atoms with van der Waals surface area (Å²) in [5, 5.41) is 14.8. The van der Waals surface area contributed by atoms with Crippen LogP contribution in [0.2, 0.25) is 5.02 Å². The van der Waals surface area contributed by atoms with Gasteiger partial charge in [-0.2, -0.15) is 0 Å². The Morgan fingerprint density at radius 3 is 2.72 bits per heavy atom. The number of hydrogen-bond donors (Lipinski definition) is 2. The zero-order valence-electron chi connectivity index (χ0n) is 15.5. The summed E-state index contributed by atoms with van der Waals surface area (Å²) < 4.78 is 6.21. The van der Waals surface area contributed by atoms with E-state index < -0.39 is 0 Å². The molecule has 2 N–H and O–H groups in total. The number of aromatic nitrogens is 1. The third kappa shape index (κ3) is 4.59. The second kappa shape index (κ2) is 9.17.